The van der Waals surface area contributed by atoms with E-state index < -0.39 is 0 Å². The fourth-order valence-corrected chi connectivity index (χ4v) is 2.33. The zero-order chi connectivity index (χ0) is 16.8. The van der Waals surface area contributed by atoms with Gasteiger partial charge in [-0.15, -0.1) is 0 Å². The topological polar surface area (TPSA) is 66.9 Å². The molecule has 0 atom stereocenters. The van der Waals surface area contributed by atoms with Gasteiger partial charge < -0.3 is 10.6 Å². The summed E-state index contributed by atoms with van der Waals surface area (Å²) in [7, 11) is 0. The van der Waals surface area contributed by atoms with Crippen molar-refractivity contribution in [3.05, 3.63) is 46.8 Å². The number of aryl methyl sites for hydroxylation is 3. The van der Waals surface area contributed by atoms with Crippen molar-refractivity contribution >= 4 is 17.5 Å². The van der Waals surface area contributed by atoms with Crippen LogP contribution < -0.4 is 10.6 Å². The molecule has 1 amide bonds. The first-order valence-electron chi connectivity index (χ1n) is 7.98. The van der Waals surface area contributed by atoms with Gasteiger partial charge in [-0.1, -0.05) is 31.5 Å². The number of nitrogens with one attached hydrogen (secondary N) is 2. The minimum atomic E-state index is -0.159. The molecule has 0 radical (unpaired) electrons. The van der Waals surface area contributed by atoms with E-state index in [-0.39, 0.29) is 5.91 Å². The van der Waals surface area contributed by atoms with Crippen molar-refractivity contribution in [1.29, 1.82) is 0 Å². The monoisotopic (exact) mass is 312 g/mol. The molecule has 1 heterocycles. The predicted octanol–water partition coefficient (Wildman–Crippen LogP) is 3.68. The van der Waals surface area contributed by atoms with Crippen LogP contribution in [0.2, 0.25) is 0 Å². The van der Waals surface area contributed by atoms with E-state index in [0.29, 0.717) is 18.2 Å². The third-order valence-electron chi connectivity index (χ3n) is 3.62. The molecule has 0 saturated heterocycles. The summed E-state index contributed by atoms with van der Waals surface area (Å²) in [6, 6.07) is 7.78. The van der Waals surface area contributed by atoms with E-state index in [1.165, 1.54) is 0 Å². The first-order chi connectivity index (χ1) is 11.0. The Bertz CT molecular complexity index is 677. The van der Waals surface area contributed by atoms with Crippen LogP contribution in [0, 0.1) is 20.8 Å². The van der Waals surface area contributed by atoms with Gasteiger partial charge >= 0.3 is 0 Å². The standard InChI is InChI=1S/C18H24N4O/c1-5-6-10-19-17(23)15-11-14(4)20-18(21-15)22-16-12(2)8-7-9-13(16)3/h7-9,11H,5-6,10H2,1-4H3,(H,19,23)(H,20,21,22). The number of hydrogen-bond donors (Lipinski definition) is 2. The van der Waals surface area contributed by atoms with Crippen LogP contribution in [0.5, 0.6) is 0 Å². The molecule has 0 aliphatic rings. The number of anilines is 2. The number of para-hydroxylation sites is 1. The molecule has 5 nitrogen and oxygen atoms in total. The van der Waals surface area contributed by atoms with Crippen molar-refractivity contribution in [3.8, 4) is 0 Å². The summed E-state index contributed by atoms with van der Waals surface area (Å²) < 4.78 is 0. The van der Waals surface area contributed by atoms with Crippen molar-refractivity contribution in [3.63, 3.8) is 0 Å². The molecule has 0 spiro atoms. The molecule has 0 saturated carbocycles. The van der Waals surface area contributed by atoms with Crippen LogP contribution in [0.1, 0.15) is 47.1 Å². The van der Waals surface area contributed by atoms with Gasteiger partial charge in [0, 0.05) is 17.9 Å². The van der Waals surface area contributed by atoms with Gasteiger partial charge in [0.15, 0.2) is 0 Å². The van der Waals surface area contributed by atoms with Crippen LogP contribution in [0.15, 0.2) is 24.3 Å². The average molecular weight is 312 g/mol. The molecular formula is C18H24N4O. The van der Waals surface area contributed by atoms with Crippen molar-refractivity contribution in [2.45, 2.75) is 40.5 Å². The summed E-state index contributed by atoms with van der Waals surface area (Å²) in [4.78, 5) is 20.9. The number of nitrogens with zero attached hydrogens (tertiary/aromatic N) is 2. The van der Waals surface area contributed by atoms with Crippen LogP contribution in [-0.4, -0.2) is 22.4 Å². The van der Waals surface area contributed by atoms with Gasteiger partial charge in [0.05, 0.1) is 0 Å². The summed E-state index contributed by atoms with van der Waals surface area (Å²) >= 11 is 0. The quantitative estimate of drug-likeness (QED) is 0.799. The molecule has 2 N–H and O–H groups in total. The van der Waals surface area contributed by atoms with Gasteiger partial charge in [-0.05, 0) is 44.4 Å². The van der Waals surface area contributed by atoms with E-state index in [0.717, 1.165) is 35.3 Å². The molecule has 0 bridgehead atoms. The highest BCUT2D eigenvalue weighted by atomic mass is 16.1. The molecule has 1 aromatic carbocycles. The highest BCUT2D eigenvalue weighted by Crippen LogP contribution is 2.22. The summed E-state index contributed by atoms with van der Waals surface area (Å²) in [6.07, 6.45) is 2.01. The molecule has 2 rings (SSSR count). The lowest BCUT2D eigenvalue weighted by molar-refractivity contribution is 0.0948. The number of hydrogen-bond acceptors (Lipinski definition) is 4. The molecular weight excluding hydrogens is 288 g/mol. The minimum Gasteiger partial charge on any atom is -0.351 e. The summed E-state index contributed by atoms with van der Waals surface area (Å²) in [5.41, 5.74) is 4.36. The zero-order valence-corrected chi connectivity index (χ0v) is 14.2. The lowest BCUT2D eigenvalue weighted by Gasteiger charge is -2.12. The third-order valence-corrected chi connectivity index (χ3v) is 3.62. The number of carbonyl (C=O) groups excluding carboxylic acids is 1. The highest BCUT2D eigenvalue weighted by molar-refractivity contribution is 5.92. The molecule has 122 valence electrons. The molecule has 0 fully saturated rings. The maximum atomic E-state index is 12.2. The Kier molecular flexibility index (Phi) is 5.68. The lowest BCUT2D eigenvalue weighted by Crippen LogP contribution is -2.25. The Labute approximate surface area is 137 Å². The van der Waals surface area contributed by atoms with Gasteiger partial charge in [0.1, 0.15) is 5.69 Å². The van der Waals surface area contributed by atoms with Gasteiger partial charge in [-0.3, -0.25) is 4.79 Å². The van der Waals surface area contributed by atoms with Crippen molar-refractivity contribution in [2.24, 2.45) is 0 Å². The highest BCUT2D eigenvalue weighted by Gasteiger charge is 2.11. The smallest absolute Gasteiger partial charge is 0.270 e. The second kappa shape index (κ2) is 7.72. The molecule has 0 aliphatic heterocycles. The van der Waals surface area contributed by atoms with Crippen LogP contribution in [0.25, 0.3) is 0 Å². The van der Waals surface area contributed by atoms with Crippen molar-refractivity contribution < 1.29 is 4.79 Å². The number of benzene rings is 1. The number of unbranched alkanes of at least 4 members (excludes halogenated alkanes) is 1. The second-order valence-electron chi connectivity index (χ2n) is 5.72. The maximum absolute atomic E-state index is 12.2. The van der Waals surface area contributed by atoms with E-state index in [2.05, 4.69) is 27.5 Å². The van der Waals surface area contributed by atoms with Crippen molar-refractivity contribution in [1.82, 2.24) is 15.3 Å². The zero-order valence-electron chi connectivity index (χ0n) is 14.2. The van der Waals surface area contributed by atoms with E-state index in [4.69, 9.17) is 0 Å². The van der Waals surface area contributed by atoms with Gasteiger partial charge in [-0.25, -0.2) is 9.97 Å². The first-order valence-corrected chi connectivity index (χ1v) is 7.98. The number of carbonyl (C=O) groups is 1. The molecule has 23 heavy (non-hydrogen) atoms. The van der Waals surface area contributed by atoms with Crippen LogP contribution in [0.3, 0.4) is 0 Å². The molecule has 1 aromatic heterocycles. The molecule has 2 aromatic rings. The third kappa shape index (κ3) is 4.52. The van der Waals surface area contributed by atoms with Crippen LogP contribution in [0.4, 0.5) is 11.6 Å². The largest absolute Gasteiger partial charge is 0.351 e. The normalized spacial score (nSPS) is 10.4. The van der Waals surface area contributed by atoms with Crippen LogP contribution in [-0.2, 0) is 0 Å². The summed E-state index contributed by atoms with van der Waals surface area (Å²) in [5, 5.41) is 6.13. The number of amides is 1. The summed E-state index contributed by atoms with van der Waals surface area (Å²) in [6.45, 7) is 8.68. The Morgan fingerprint density at radius 2 is 1.83 bits per heavy atom. The molecule has 0 unspecified atom stereocenters. The Balaban J connectivity index is 2.22. The fourth-order valence-electron chi connectivity index (χ4n) is 2.33. The maximum Gasteiger partial charge on any atom is 0.270 e. The van der Waals surface area contributed by atoms with Gasteiger partial charge in [0.25, 0.3) is 5.91 Å². The van der Waals surface area contributed by atoms with Crippen LogP contribution >= 0.6 is 0 Å². The lowest BCUT2D eigenvalue weighted by atomic mass is 10.1. The average Bonchev–Trinajstić information content (AvgIpc) is 2.51. The molecule has 5 heteroatoms. The van der Waals surface area contributed by atoms with E-state index in [1.54, 1.807) is 6.07 Å². The fraction of sp³-hybridized carbons (Fsp3) is 0.389. The summed E-state index contributed by atoms with van der Waals surface area (Å²) in [5.74, 6) is 0.288. The van der Waals surface area contributed by atoms with Gasteiger partial charge in [-0.2, -0.15) is 0 Å². The predicted molar refractivity (Wildman–Crippen MR) is 93.2 cm³/mol. The Morgan fingerprint density at radius 1 is 1.13 bits per heavy atom. The Hall–Kier alpha value is -2.43. The molecule has 0 aliphatic carbocycles. The van der Waals surface area contributed by atoms with E-state index in [9.17, 15) is 4.79 Å². The van der Waals surface area contributed by atoms with E-state index in [1.807, 2.05) is 39.0 Å². The SMILES string of the molecule is CCCCNC(=O)c1cc(C)nc(Nc2c(C)cccc2C)n1. The number of aromatic nitrogens is 2. The Morgan fingerprint density at radius 3 is 2.48 bits per heavy atom. The second-order valence-corrected chi connectivity index (χ2v) is 5.72. The van der Waals surface area contributed by atoms with Crippen molar-refractivity contribution in [2.75, 3.05) is 11.9 Å². The minimum absolute atomic E-state index is 0.159. The van der Waals surface area contributed by atoms with E-state index >= 15 is 0 Å². The van der Waals surface area contributed by atoms with Gasteiger partial charge in [0.2, 0.25) is 5.95 Å². The first kappa shape index (κ1) is 16.9. The number of rotatable bonds is 6.